The van der Waals surface area contributed by atoms with Gasteiger partial charge in [-0.15, -0.1) is 0 Å². The van der Waals surface area contributed by atoms with Crippen molar-refractivity contribution in [2.75, 3.05) is 39.3 Å². The fraction of sp³-hybridized carbons (Fsp3) is 0.619. The van der Waals surface area contributed by atoms with Crippen LogP contribution < -0.4 is 16.0 Å². The van der Waals surface area contributed by atoms with Crippen LogP contribution in [0.1, 0.15) is 44.8 Å². The van der Waals surface area contributed by atoms with Gasteiger partial charge in [-0.3, -0.25) is 14.7 Å². The molecule has 1 aliphatic rings. The average molecular weight is 424 g/mol. The Kier molecular flexibility index (Phi) is 10.2. The van der Waals surface area contributed by atoms with E-state index in [0.717, 1.165) is 51.0 Å². The Labute approximate surface area is 178 Å². The fourth-order valence-electron chi connectivity index (χ4n) is 3.24. The molecule has 1 saturated heterocycles. The molecule has 7 nitrogen and oxygen atoms in total. The molecule has 0 aliphatic carbocycles. The van der Waals surface area contributed by atoms with Crippen molar-refractivity contribution in [3.05, 3.63) is 34.9 Å². The van der Waals surface area contributed by atoms with Crippen molar-refractivity contribution in [3.63, 3.8) is 0 Å². The van der Waals surface area contributed by atoms with Crippen LogP contribution in [-0.2, 0) is 4.79 Å². The largest absolute Gasteiger partial charge is 0.386 e. The summed E-state index contributed by atoms with van der Waals surface area (Å²) in [6.45, 7) is 8.05. The van der Waals surface area contributed by atoms with Crippen molar-refractivity contribution in [1.82, 2.24) is 20.9 Å². The quantitative estimate of drug-likeness (QED) is 0.360. The molecule has 4 N–H and O–H groups in total. The highest BCUT2D eigenvalue weighted by Gasteiger charge is 2.21. The number of aliphatic imine (C=N–C) groups is 1. The monoisotopic (exact) mass is 423 g/mol. The standard InChI is InChI=1S/C21H34ClN5O2/c1-3-11-24-20(29)15-27-12-9-18(10-13-27)26-21(23-4-2)25-14-19(28)16-5-7-17(22)8-6-16/h5-8,18-19,28H,3-4,9-15H2,1-2H3,(H,24,29)(H2,23,25,26). The first-order chi connectivity index (χ1) is 14.0. The zero-order valence-corrected chi connectivity index (χ0v) is 18.2. The van der Waals surface area contributed by atoms with Crippen molar-refractivity contribution >= 4 is 23.5 Å². The maximum Gasteiger partial charge on any atom is 0.234 e. The molecule has 1 aromatic carbocycles. The van der Waals surface area contributed by atoms with Gasteiger partial charge in [0.1, 0.15) is 0 Å². The Morgan fingerprint density at radius 3 is 2.55 bits per heavy atom. The molecule has 0 aromatic heterocycles. The summed E-state index contributed by atoms with van der Waals surface area (Å²) in [7, 11) is 0. The summed E-state index contributed by atoms with van der Waals surface area (Å²) < 4.78 is 0. The van der Waals surface area contributed by atoms with Gasteiger partial charge in [-0.1, -0.05) is 30.7 Å². The molecule has 29 heavy (non-hydrogen) atoms. The van der Waals surface area contributed by atoms with Crippen molar-refractivity contribution in [2.24, 2.45) is 4.99 Å². The second-order valence-electron chi connectivity index (χ2n) is 7.33. The third kappa shape index (κ3) is 8.60. The van der Waals surface area contributed by atoms with Crippen molar-refractivity contribution in [1.29, 1.82) is 0 Å². The smallest absolute Gasteiger partial charge is 0.234 e. The van der Waals surface area contributed by atoms with Crippen LogP contribution in [0.15, 0.2) is 29.3 Å². The highest BCUT2D eigenvalue weighted by molar-refractivity contribution is 6.30. The van der Waals surface area contributed by atoms with Crippen LogP contribution in [0.2, 0.25) is 5.02 Å². The number of hydrogen-bond donors (Lipinski definition) is 4. The van der Waals surface area contributed by atoms with Gasteiger partial charge in [-0.05, 0) is 43.9 Å². The zero-order chi connectivity index (χ0) is 21.1. The number of piperidine rings is 1. The van der Waals surface area contributed by atoms with Crippen molar-refractivity contribution < 1.29 is 9.90 Å². The second kappa shape index (κ2) is 12.7. The number of carbonyl (C=O) groups is 1. The van der Waals surface area contributed by atoms with Gasteiger partial charge in [0.2, 0.25) is 5.91 Å². The van der Waals surface area contributed by atoms with E-state index in [4.69, 9.17) is 11.6 Å². The predicted molar refractivity (Wildman–Crippen MR) is 118 cm³/mol. The zero-order valence-electron chi connectivity index (χ0n) is 17.5. The minimum Gasteiger partial charge on any atom is -0.386 e. The number of likely N-dealkylation sites (tertiary alicyclic amines) is 1. The Hall–Kier alpha value is -1.83. The molecular weight excluding hydrogens is 390 g/mol. The fourth-order valence-corrected chi connectivity index (χ4v) is 3.37. The SMILES string of the molecule is CCCNC(=O)CN1CCC(NC(=NCC(O)c2ccc(Cl)cc2)NCC)CC1. The van der Waals surface area contributed by atoms with Crippen LogP contribution in [0, 0.1) is 0 Å². The second-order valence-corrected chi connectivity index (χ2v) is 7.77. The highest BCUT2D eigenvalue weighted by Crippen LogP contribution is 2.16. The summed E-state index contributed by atoms with van der Waals surface area (Å²) in [5, 5.41) is 20.6. The number of nitrogens with zero attached hydrogens (tertiary/aromatic N) is 2. The minimum absolute atomic E-state index is 0.101. The van der Waals surface area contributed by atoms with E-state index in [1.807, 2.05) is 19.1 Å². The molecule has 1 fully saturated rings. The lowest BCUT2D eigenvalue weighted by atomic mass is 10.1. The minimum atomic E-state index is -0.675. The van der Waals surface area contributed by atoms with Gasteiger partial charge in [0, 0.05) is 37.2 Å². The third-order valence-corrected chi connectivity index (χ3v) is 5.14. The lowest BCUT2D eigenvalue weighted by Crippen LogP contribution is -2.50. The molecule has 1 aromatic rings. The van der Waals surface area contributed by atoms with Gasteiger partial charge < -0.3 is 21.1 Å². The number of amides is 1. The van der Waals surface area contributed by atoms with E-state index in [1.54, 1.807) is 12.1 Å². The summed E-state index contributed by atoms with van der Waals surface area (Å²) in [5.41, 5.74) is 0.795. The first kappa shape index (κ1) is 23.4. The van der Waals surface area contributed by atoms with Gasteiger partial charge in [-0.25, -0.2) is 0 Å². The van der Waals surface area contributed by atoms with Crippen LogP contribution in [0.4, 0.5) is 0 Å². The maximum atomic E-state index is 11.9. The topological polar surface area (TPSA) is 89.0 Å². The summed E-state index contributed by atoms with van der Waals surface area (Å²) >= 11 is 5.90. The van der Waals surface area contributed by atoms with E-state index in [9.17, 15) is 9.90 Å². The summed E-state index contributed by atoms with van der Waals surface area (Å²) in [6, 6.07) is 7.47. The number of aliphatic hydroxyl groups is 1. The van der Waals surface area contributed by atoms with Crippen LogP contribution in [0.5, 0.6) is 0 Å². The van der Waals surface area contributed by atoms with Gasteiger partial charge in [-0.2, -0.15) is 0 Å². The molecule has 0 bridgehead atoms. The van der Waals surface area contributed by atoms with Gasteiger partial charge in [0.25, 0.3) is 0 Å². The van der Waals surface area contributed by atoms with Crippen molar-refractivity contribution in [3.8, 4) is 0 Å². The van der Waals surface area contributed by atoms with E-state index in [2.05, 4.69) is 32.8 Å². The van der Waals surface area contributed by atoms with Gasteiger partial charge in [0.15, 0.2) is 5.96 Å². The molecule has 0 radical (unpaired) electrons. The summed E-state index contributed by atoms with van der Waals surface area (Å²) in [6.07, 6.45) is 2.18. The Bertz CT molecular complexity index is 645. The molecule has 1 unspecified atom stereocenters. The molecule has 1 heterocycles. The van der Waals surface area contributed by atoms with E-state index >= 15 is 0 Å². The summed E-state index contributed by atoms with van der Waals surface area (Å²) in [5.74, 6) is 0.809. The van der Waals surface area contributed by atoms with Crippen molar-refractivity contribution in [2.45, 2.75) is 45.3 Å². The number of benzene rings is 1. The molecular formula is C21H34ClN5O2. The highest BCUT2D eigenvalue weighted by atomic mass is 35.5. The van der Waals surface area contributed by atoms with E-state index in [1.165, 1.54) is 0 Å². The molecule has 0 saturated carbocycles. The third-order valence-electron chi connectivity index (χ3n) is 4.89. The molecule has 1 atom stereocenters. The Morgan fingerprint density at radius 1 is 1.24 bits per heavy atom. The summed E-state index contributed by atoms with van der Waals surface area (Å²) in [4.78, 5) is 18.6. The van der Waals surface area contributed by atoms with Crippen LogP contribution in [0.3, 0.4) is 0 Å². The number of nitrogens with one attached hydrogen (secondary N) is 3. The normalized spacial score (nSPS) is 17.0. The number of guanidine groups is 1. The molecule has 1 amide bonds. The molecule has 2 rings (SSSR count). The van der Waals surface area contributed by atoms with Gasteiger partial charge in [0.05, 0.1) is 19.2 Å². The first-order valence-electron chi connectivity index (χ1n) is 10.5. The van der Waals surface area contributed by atoms with Gasteiger partial charge >= 0.3 is 0 Å². The predicted octanol–water partition coefficient (Wildman–Crippen LogP) is 1.92. The number of carbonyl (C=O) groups excluding carboxylic acids is 1. The average Bonchev–Trinajstić information content (AvgIpc) is 2.72. The molecule has 0 spiro atoms. The Balaban J connectivity index is 1.80. The first-order valence-corrected chi connectivity index (χ1v) is 10.9. The van der Waals surface area contributed by atoms with E-state index in [0.29, 0.717) is 23.6 Å². The number of halogens is 1. The van der Waals surface area contributed by atoms with Crippen LogP contribution >= 0.6 is 11.6 Å². The number of aliphatic hydroxyl groups excluding tert-OH is 1. The van der Waals surface area contributed by atoms with Crippen LogP contribution in [0.25, 0.3) is 0 Å². The molecule has 1 aliphatic heterocycles. The van der Waals surface area contributed by atoms with Crippen LogP contribution in [-0.4, -0.2) is 67.2 Å². The number of hydrogen-bond acceptors (Lipinski definition) is 4. The molecule has 162 valence electrons. The Morgan fingerprint density at radius 2 is 1.93 bits per heavy atom. The lowest BCUT2D eigenvalue weighted by Gasteiger charge is -2.32. The number of rotatable bonds is 9. The molecule has 8 heteroatoms. The maximum absolute atomic E-state index is 11.9. The van der Waals surface area contributed by atoms with E-state index < -0.39 is 6.10 Å². The lowest BCUT2D eigenvalue weighted by molar-refractivity contribution is -0.122. The van der Waals surface area contributed by atoms with E-state index in [-0.39, 0.29) is 12.5 Å².